The van der Waals surface area contributed by atoms with Crippen molar-refractivity contribution in [3.63, 3.8) is 0 Å². The van der Waals surface area contributed by atoms with Gasteiger partial charge in [0.2, 0.25) is 5.91 Å². The second kappa shape index (κ2) is 12.0. The van der Waals surface area contributed by atoms with E-state index in [4.69, 9.17) is 16.7 Å². The first kappa shape index (κ1) is 29.9. The van der Waals surface area contributed by atoms with Gasteiger partial charge in [0.1, 0.15) is 12.6 Å². The van der Waals surface area contributed by atoms with Crippen LogP contribution in [0.4, 0.5) is 10.5 Å². The van der Waals surface area contributed by atoms with Gasteiger partial charge in [-0.05, 0) is 48.2 Å². The maximum absolute atomic E-state index is 13.6. The van der Waals surface area contributed by atoms with Crippen molar-refractivity contribution in [2.45, 2.75) is 45.8 Å². The Balaban J connectivity index is 1.70. The molecular formula is C28H35ClN4O6. The lowest BCUT2D eigenvalue weighted by Gasteiger charge is -2.51. The third-order valence-electron chi connectivity index (χ3n) is 7.08. The van der Waals surface area contributed by atoms with Crippen LogP contribution in [-0.2, 0) is 15.2 Å². The summed E-state index contributed by atoms with van der Waals surface area (Å²) in [4.78, 5) is 50.9. The first-order valence-corrected chi connectivity index (χ1v) is 13.1. The number of carboxylic acids is 1. The van der Waals surface area contributed by atoms with Crippen LogP contribution in [0, 0.1) is 11.3 Å². The lowest BCUT2D eigenvalue weighted by atomic mass is 9.66. The Morgan fingerprint density at radius 1 is 1.08 bits per heavy atom. The lowest BCUT2D eigenvalue weighted by molar-refractivity contribution is -0.155. The number of rotatable bonds is 8. The van der Waals surface area contributed by atoms with Crippen LogP contribution in [0.2, 0.25) is 5.02 Å². The molecule has 1 fully saturated rings. The van der Waals surface area contributed by atoms with E-state index in [1.807, 2.05) is 27.7 Å². The zero-order valence-electron chi connectivity index (χ0n) is 22.5. The molecule has 2 atom stereocenters. The molecule has 4 amide bonds. The largest absolute Gasteiger partial charge is 0.480 e. The van der Waals surface area contributed by atoms with Gasteiger partial charge < -0.3 is 31.1 Å². The summed E-state index contributed by atoms with van der Waals surface area (Å²) >= 11 is 6.03. The number of nitrogens with zero attached hydrogens (tertiary/aromatic N) is 1. The van der Waals surface area contributed by atoms with Gasteiger partial charge >= 0.3 is 12.0 Å². The summed E-state index contributed by atoms with van der Waals surface area (Å²) in [7, 11) is 0. The number of halogens is 1. The van der Waals surface area contributed by atoms with Crippen LogP contribution < -0.4 is 16.0 Å². The standard InChI is InChI=1S/C28H35ClN4O6/c1-17(2)23(32-24(36)18-6-5-7-21(14-18)31-26(38)30-15-22(34)35)25(37)33-13-12-28(39,27(3,4)16-33)19-8-10-20(29)11-9-19/h5-11,14,17,23,39H,12-13,15-16H2,1-4H3,(H,32,36)(H,34,35)(H2,30,31,38). The number of carbonyl (C=O) groups is 4. The molecule has 0 spiro atoms. The predicted octanol–water partition coefficient (Wildman–Crippen LogP) is 3.45. The van der Waals surface area contributed by atoms with Crippen molar-refractivity contribution in [2.75, 3.05) is 25.0 Å². The fraction of sp³-hybridized carbons (Fsp3) is 0.429. The molecule has 0 saturated carbocycles. The maximum Gasteiger partial charge on any atom is 0.323 e. The molecule has 39 heavy (non-hydrogen) atoms. The van der Waals surface area contributed by atoms with E-state index in [9.17, 15) is 24.3 Å². The number of nitrogens with one attached hydrogen (secondary N) is 3. The van der Waals surface area contributed by atoms with E-state index in [0.29, 0.717) is 18.0 Å². The van der Waals surface area contributed by atoms with Crippen LogP contribution in [0.15, 0.2) is 48.5 Å². The number of benzene rings is 2. The third kappa shape index (κ3) is 7.07. The molecule has 0 aliphatic carbocycles. The summed E-state index contributed by atoms with van der Waals surface area (Å²) < 4.78 is 0. The Bertz CT molecular complexity index is 1230. The summed E-state index contributed by atoms with van der Waals surface area (Å²) in [6, 6.07) is 11.6. The molecular weight excluding hydrogens is 524 g/mol. The van der Waals surface area contributed by atoms with Crippen molar-refractivity contribution in [2.24, 2.45) is 11.3 Å². The molecule has 0 bridgehead atoms. The number of hydrogen-bond acceptors (Lipinski definition) is 5. The third-order valence-corrected chi connectivity index (χ3v) is 7.34. The van der Waals surface area contributed by atoms with E-state index in [1.54, 1.807) is 47.4 Å². The van der Waals surface area contributed by atoms with Crippen molar-refractivity contribution >= 4 is 41.1 Å². The van der Waals surface area contributed by atoms with E-state index >= 15 is 0 Å². The van der Waals surface area contributed by atoms with Crippen LogP contribution in [0.1, 0.15) is 50.0 Å². The number of likely N-dealkylation sites (tertiary alicyclic amines) is 1. The van der Waals surface area contributed by atoms with Crippen LogP contribution >= 0.6 is 11.6 Å². The zero-order chi connectivity index (χ0) is 29.0. The average molecular weight is 559 g/mol. The molecule has 2 unspecified atom stereocenters. The maximum atomic E-state index is 13.6. The summed E-state index contributed by atoms with van der Waals surface area (Å²) in [5.41, 5.74) is -0.586. The molecule has 210 valence electrons. The molecule has 0 radical (unpaired) electrons. The van der Waals surface area contributed by atoms with Gasteiger partial charge in [-0.3, -0.25) is 14.4 Å². The molecule has 5 N–H and O–H groups in total. The first-order chi connectivity index (χ1) is 18.2. The number of anilines is 1. The molecule has 1 aliphatic heterocycles. The molecule has 1 heterocycles. The van der Waals surface area contributed by atoms with Crippen LogP contribution in [0.3, 0.4) is 0 Å². The van der Waals surface area contributed by atoms with Gasteiger partial charge in [-0.25, -0.2) is 4.79 Å². The van der Waals surface area contributed by atoms with E-state index < -0.39 is 41.5 Å². The van der Waals surface area contributed by atoms with Crippen LogP contribution in [0.5, 0.6) is 0 Å². The number of piperidine rings is 1. The number of carboxylic acid groups (broad SMARTS) is 1. The highest BCUT2D eigenvalue weighted by Crippen LogP contribution is 2.46. The molecule has 0 aromatic heterocycles. The Morgan fingerprint density at radius 3 is 2.33 bits per heavy atom. The van der Waals surface area contributed by atoms with Crippen molar-refractivity contribution in [3.8, 4) is 0 Å². The number of aliphatic carboxylic acids is 1. The van der Waals surface area contributed by atoms with Crippen molar-refractivity contribution in [3.05, 3.63) is 64.7 Å². The molecule has 1 aliphatic rings. The van der Waals surface area contributed by atoms with E-state index in [0.717, 1.165) is 5.56 Å². The number of hydrogen-bond donors (Lipinski definition) is 5. The van der Waals surface area contributed by atoms with Gasteiger partial charge in [-0.15, -0.1) is 0 Å². The van der Waals surface area contributed by atoms with Crippen molar-refractivity contribution in [1.29, 1.82) is 0 Å². The minimum Gasteiger partial charge on any atom is -0.480 e. The number of aliphatic hydroxyl groups is 1. The van der Waals surface area contributed by atoms with Gasteiger partial charge in [-0.1, -0.05) is 57.5 Å². The normalized spacial score (nSPS) is 19.2. The van der Waals surface area contributed by atoms with E-state index in [1.165, 1.54) is 6.07 Å². The van der Waals surface area contributed by atoms with E-state index in [-0.39, 0.29) is 29.6 Å². The minimum absolute atomic E-state index is 0.218. The van der Waals surface area contributed by atoms with Crippen LogP contribution in [0.25, 0.3) is 0 Å². The highest BCUT2D eigenvalue weighted by molar-refractivity contribution is 6.30. The molecule has 11 heteroatoms. The summed E-state index contributed by atoms with van der Waals surface area (Å²) in [5.74, 6) is -2.14. The van der Waals surface area contributed by atoms with E-state index in [2.05, 4.69) is 16.0 Å². The second-order valence-electron chi connectivity index (χ2n) is 10.7. The Labute approximate surface area is 232 Å². The fourth-order valence-electron chi connectivity index (χ4n) is 4.78. The average Bonchev–Trinajstić information content (AvgIpc) is 2.87. The van der Waals surface area contributed by atoms with Crippen molar-refractivity contribution < 1.29 is 29.4 Å². The van der Waals surface area contributed by atoms with Gasteiger partial charge in [-0.2, -0.15) is 0 Å². The number of amides is 4. The molecule has 2 aromatic carbocycles. The quantitative estimate of drug-likeness (QED) is 0.335. The Hall–Kier alpha value is -3.63. The van der Waals surface area contributed by atoms with Gasteiger partial charge in [0.05, 0.1) is 5.60 Å². The van der Waals surface area contributed by atoms with Crippen molar-refractivity contribution in [1.82, 2.24) is 15.5 Å². The molecule has 1 saturated heterocycles. The van der Waals surface area contributed by atoms with Crippen LogP contribution in [-0.4, -0.2) is 64.6 Å². The first-order valence-electron chi connectivity index (χ1n) is 12.7. The topological polar surface area (TPSA) is 148 Å². The summed E-state index contributed by atoms with van der Waals surface area (Å²) in [6.07, 6.45) is 0.323. The lowest BCUT2D eigenvalue weighted by Crippen LogP contribution is -2.60. The number of urea groups is 1. The summed E-state index contributed by atoms with van der Waals surface area (Å²) in [6.45, 7) is 7.55. The highest BCUT2D eigenvalue weighted by atomic mass is 35.5. The monoisotopic (exact) mass is 558 g/mol. The predicted molar refractivity (Wildman–Crippen MR) is 148 cm³/mol. The zero-order valence-corrected chi connectivity index (χ0v) is 23.2. The molecule has 10 nitrogen and oxygen atoms in total. The number of carbonyl (C=O) groups excluding carboxylic acids is 3. The smallest absolute Gasteiger partial charge is 0.323 e. The SMILES string of the molecule is CC(C)C(NC(=O)c1cccc(NC(=O)NCC(=O)O)c1)C(=O)N1CCC(O)(c2ccc(Cl)cc2)C(C)(C)C1. The highest BCUT2D eigenvalue weighted by Gasteiger charge is 2.50. The summed E-state index contributed by atoms with van der Waals surface area (Å²) in [5, 5.41) is 28.4. The Morgan fingerprint density at radius 2 is 1.74 bits per heavy atom. The second-order valence-corrected chi connectivity index (χ2v) is 11.2. The van der Waals surface area contributed by atoms with Gasteiger partial charge in [0.25, 0.3) is 5.91 Å². The molecule has 2 aromatic rings. The van der Waals surface area contributed by atoms with Gasteiger partial charge in [0, 0.05) is 34.8 Å². The molecule has 3 rings (SSSR count). The minimum atomic E-state index is -1.19. The Kier molecular flexibility index (Phi) is 9.24. The fourth-order valence-corrected chi connectivity index (χ4v) is 4.90. The van der Waals surface area contributed by atoms with Gasteiger partial charge in [0.15, 0.2) is 0 Å².